The molecule has 15 heavy (non-hydrogen) atoms. The normalized spacial score (nSPS) is 10.0. The first-order chi connectivity index (χ1) is 7.00. The van der Waals surface area contributed by atoms with Crippen molar-refractivity contribution in [3.63, 3.8) is 0 Å². The third kappa shape index (κ3) is 3.08. The maximum absolute atomic E-state index is 11.3. The van der Waals surface area contributed by atoms with Gasteiger partial charge >= 0.3 is 5.97 Å². The van der Waals surface area contributed by atoms with Crippen LogP contribution in [0.5, 0.6) is 0 Å². The van der Waals surface area contributed by atoms with Crippen LogP contribution < -0.4 is 5.32 Å². The van der Waals surface area contributed by atoms with E-state index in [0.29, 0.717) is 5.69 Å². The van der Waals surface area contributed by atoms with Gasteiger partial charge in [-0.25, -0.2) is 0 Å². The van der Waals surface area contributed by atoms with Crippen LogP contribution in [0, 0.1) is 6.92 Å². The lowest BCUT2D eigenvalue weighted by Crippen LogP contribution is -2.13. The van der Waals surface area contributed by atoms with Gasteiger partial charge in [-0.1, -0.05) is 0 Å². The Balaban J connectivity index is 2.51. The molecule has 1 amide bonds. The van der Waals surface area contributed by atoms with Crippen LogP contribution in [0.15, 0.2) is 6.20 Å². The summed E-state index contributed by atoms with van der Waals surface area (Å²) in [5, 5.41) is 14.9. The van der Waals surface area contributed by atoms with E-state index in [1.807, 2.05) is 6.92 Å². The third-order valence-corrected chi connectivity index (χ3v) is 2.08. The lowest BCUT2D eigenvalue weighted by Gasteiger charge is -2.02. The number of aliphatic carboxylic acids is 1. The van der Waals surface area contributed by atoms with Crippen LogP contribution in [-0.4, -0.2) is 26.8 Å². The second kappa shape index (κ2) is 4.59. The molecule has 1 aromatic heterocycles. The van der Waals surface area contributed by atoms with Gasteiger partial charge < -0.3 is 10.4 Å². The van der Waals surface area contributed by atoms with E-state index in [1.54, 1.807) is 11.7 Å². The lowest BCUT2D eigenvalue weighted by atomic mass is 10.3. The number of aryl methyl sites for hydroxylation is 1. The van der Waals surface area contributed by atoms with Crippen molar-refractivity contribution in [3.8, 4) is 0 Å². The van der Waals surface area contributed by atoms with Gasteiger partial charge in [0.05, 0.1) is 24.0 Å². The van der Waals surface area contributed by atoms with Crippen molar-refractivity contribution in [2.75, 3.05) is 5.32 Å². The molecular weight excluding hydrogens is 198 g/mol. The van der Waals surface area contributed by atoms with Gasteiger partial charge in [-0.2, -0.15) is 5.10 Å². The summed E-state index contributed by atoms with van der Waals surface area (Å²) in [6.07, 6.45) is 1.35. The maximum atomic E-state index is 11.3. The molecule has 0 radical (unpaired) electrons. The van der Waals surface area contributed by atoms with E-state index in [9.17, 15) is 9.59 Å². The first kappa shape index (κ1) is 11.2. The van der Waals surface area contributed by atoms with Gasteiger partial charge in [0.25, 0.3) is 0 Å². The van der Waals surface area contributed by atoms with Crippen molar-refractivity contribution in [2.45, 2.75) is 19.8 Å². The van der Waals surface area contributed by atoms with E-state index >= 15 is 0 Å². The highest BCUT2D eigenvalue weighted by atomic mass is 16.4. The number of nitrogens with zero attached hydrogens (tertiary/aromatic N) is 2. The van der Waals surface area contributed by atoms with Crippen LogP contribution >= 0.6 is 0 Å². The summed E-state index contributed by atoms with van der Waals surface area (Å²) >= 11 is 0. The number of aromatic nitrogens is 2. The average Bonchev–Trinajstić information content (AvgIpc) is 2.47. The molecule has 0 saturated carbocycles. The fourth-order valence-electron chi connectivity index (χ4n) is 1.05. The summed E-state index contributed by atoms with van der Waals surface area (Å²) < 4.78 is 1.63. The zero-order chi connectivity index (χ0) is 11.4. The second-order valence-electron chi connectivity index (χ2n) is 3.21. The molecule has 1 rings (SSSR count). The van der Waals surface area contributed by atoms with Crippen LogP contribution in [0.2, 0.25) is 0 Å². The summed E-state index contributed by atoms with van der Waals surface area (Å²) in [5.41, 5.74) is 1.45. The molecular formula is C9H13N3O3. The van der Waals surface area contributed by atoms with Crippen molar-refractivity contribution in [1.82, 2.24) is 9.78 Å². The molecule has 0 aliphatic rings. The summed E-state index contributed by atoms with van der Waals surface area (Å²) in [6, 6.07) is 0. The quantitative estimate of drug-likeness (QED) is 0.760. The lowest BCUT2D eigenvalue weighted by molar-refractivity contribution is -0.138. The fraction of sp³-hybridized carbons (Fsp3) is 0.444. The monoisotopic (exact) mass is 211 g/mol. The number of hydrogen-bond acceptors (Lipinski definition) is 3. The summed E-state index contributed by atoms with van der Waals surface area (Å²) in [7, 11) is 1.77. The first-order valence-corrected chi connectivity index (χ1v) is 4.51. The van der Waals surface area contributed by atoms with Crippen molar-refractivity contribution in [1.29, 1.82) is 0 Å². The molecule has 6 nitrogen and oxygen atoms in total. The molecule has 82 valence electrons. The third-order valence-electron chi connectivity index (χ3n) is 2.08. The Labute approximate surface area is 86.9 Å². The fourth-order valence-corrected chi connectivity index (χ4v) is 1.05. The van der Waals surface area contributed by atoms with Crippen LogP contribution in [-0.2, 0) is 16.6 Å². The smallest absolute Gasteiger partial charge is 0.303 e. The number of anilines is 1. The van der Waals surface area contributed by atoms with Gasteiger partial charge in [-0.15, -0.1) is 0 Å². The molecule has 0 aromatic carbocycles. The minimum absolute atomic E-state index is 0.0241. The zero-order valence-electron chi connectivity index (χ0n) is 8.65. The SMILES string of the molecule is Cc1c(NC(=O)CCC(=O)O)cnn1C. The second-order valence-corrected chi connectivity index (χ2v) is 3.21. The maximum Gasteiger partial charge on any atom is 0.303 e. The molecule has 0 saturated heterocycles. The van der Waals surface area contributed by atoms with Gasteiger partial charge in [0.2, 0.25) is 5.91 Å². The van der Waals surface area contributed by atoms with Crippen LogP contribution in [0.25, 0.3) is 0 Å². The Morgan fingerprint density at radius 2 is 2.20 bits per heavy atom. The minimum Gasteiger partial charge on any atom is -0.481 e. The highest BCUT2D eigenvalue weighted by Crippen LogP contribution is 2.12. The predicted octanol–water partition coefficient (Wildman–Crippen LogP) is 0.532. The summed E-state index contributed by atoms with van der Waals surface area (Å²) in [5.74, 6) is -1.29. The molecule has 2 N–H and O–H groups in total. The molecule has 0 unspecified atom stereocenters. The molecule has 1 aromatic rings. The highest BCUT2D eigenvalue weighted by Gasteiger charge is 2.09. The molecule has 0 spiro atoms. The van der Waals surface area contributed by atoms with Gasteiger partial charge in [0.1, 0.15) is 0 Å². The summed E-state index contributed by atoms with van der Waals surface area (Å²) in [6.45, 7) is 1.82. The Kier molecular flexibility index (Phi) is 3.43. The molecule has 0 fully saturated rings. The molecule has 0 bridgehead atoms. The van der Waals surface area contributed by atoms with Gasteiger partial charge in [0.15, 0.2) is 0 Å². The van der Waals surface area contributed by atoms with Crippen LogP contribution in [0.3, 0.4) is 0 Å². The average molecular weight is 211 g/mol. The van der Waals surface area contributed by atoms with E-state index < -0.39 is 5.97 Å². The zero-order valence-corrected chi connectivity index (χ0v) is 8.65. The highest BCUT2D eigenvalue weighted by molar-refractivity contribution is 5.92. The number of amides is 1. The van der Waals surface area contributed by atoms with E-state index in [1.165, 1.54) is 6.20 Å². The number of carbonyl (C=O) groups is 2. The van der Waals surface area contributed by atoms with E-state index in [0.717, 1.165) is 5.69 Å². The molecule has 6 heteroatoms. The molecule has 0 aliphatic carbocycles. The number of carboxylic acids is 1. The van der Waals surface area contributed by atoms with Crippen molar-refractivity contribution in [3.05, 3.63) is 11.9 Å². The Morgan fingerprint density at radius 1 is 1.53 bits per heavy atom. The Bertz CT molecular complexity index is 384. The van der Waals surface area contributed by atoms with Gasteiger partial charge in [-0.05, 0) is 6.92 Å². The number of carbonyl (C=O) groups excluding carboxylic acids is 1. The molecule has 1 heterocycles. The Morgan fingerprint density at radius 3 is 2.67 bits per heavy atom. The van der Waals surface area contributed by atoms with Gasteiger partial charge in [0, 0.05) is 13.5 Å². The largest absolute Gasteiger partial charge is 0.481 e. The number of hydrogen-bond donors (Lipinski definition) is 2. The minimum atomic E-state index is -0.979. The van der Waals surface area contributed by atoms with Crippen molar-refractivity contribution in [2.24, 2.45) is 7.05 Å². The molecule has 0 atom stereocenters. The number of carboxylic acid groups (broad SMARTS) is 1. The standard InChI is InChI=1S/C9H13N3O3/c1-6-7(5-10-12(6)2)11-8(13)3-4-9(14)15/h5H,3-4H2,1-2H3,(H,11,13)(H,14,15). The Hall–Kier alpha value is -1.85. The van der Waals surface area contributed by atoms with E-state index in [2.05, 4.69) is 10.4 Å². The van der Waals surface area contributed by atoms with E-state index in [4.69, 9.17) is 5.11 Å². The van der Waals surface area contributed by atoms with Crippen LogP contribution in [0.4, 0.5) is 5.69 Å². The predicted molar refractivity (Wildman–Crippen MR) is 53.4 cm³/mol. The van der Waals surface area contributed by atoms with E-state index in [-0.39, 0.29) is 18.7 Å². The first-order valence-electron chi connectivity index (χ1n) is 4.51. The topological polar surface area (TPSA) is 84.2 Å². The number of rotatable bonds is 4. The number of nitrogens with one attached hydrogen (secondary N) is 1. The van der Waals surface area contributed by atoms with Crippen molar-refractivity contribution >= 4 is 17.6 Å². The summed E-state index contributed by atoms with van der Waals surface area (Å²) in [4.78, 5) is 21.5. The molecule has 0 aliphatic heterocycles. The van der Waals surface area contributed by atoms with Gasteiger partial charge in [-0.3, -0.25) is 14.3 Å². The van der Waals surface area contributed by atoms with Crippen molar-refractivity contribution < 1.29 is 14.7 Å². The van der Waals surface area contributed by atoms with Crippen LogP contribution in [0.1, 0.15) is 18.5 Å².